The Morgan fingerprint density at radius 3 is 2.43 bits per heavy atom. The third-order valence-electron chi connectivity index (χ3n) is 10.1. The van der Waals surface area contributed by atoms with Crippen molar-refractivity contribution in [2.24, 2.45) is 29.6 Å². The number of methoxy groups -OCH3 is 1. The summed E-state index contributed by atoms with van der Waals surface area (Å²) >= 11 is 2.66. The van der Waals surface area contributed by atoms with Crippen molar-refractivity contribution in [3.63, 3.8) is 0 Å². The summed E-state index contributed by atoms with van der Waals surface area (Å²) in [5.41, 5.74) is 1.68. The van der Waals surface area contributed by atoms with Crippen LogP contribution in [0.25, 0.3) is 0 Å². The van der Waals surface area contributed by atoms with E-state index >= 15 is 0 Å². The number of likely N-dealkylation sites (tertiary alicyclic amines) is 1. The number of ether oxygens (including phenoxy) is 3. The smallest absolute Gasteiger partial charge is 0.338 e. The molecule has 8 atom stereocenters. The first-order valence-corrected chi connectivity index (χ1v) is 17.6. The quantitative estimate of drug-likeness (QED) is 0.207. The van der Waals surface area contributed by atoms with Crippen molar-refractivity contribution in [3.05, 3.63) is 68.1 Å². The molecule has 7 unspecified atom stereocenters. The molecule has 3 N–H and O–H groups in total. The van der Waals surface area contributed by atoms with E-state index in [1.807, 2.05) is 12.1 Å². The summed E-state index contributed by atoms with van der Waals surface area (Å²) < 4.78 is 16.5. The average molecular weight is 708 g/mol. The lowest BCUT2D eigenvalue weighted by Crippen LogP contribution is -2.44. The Morgan fingerprint density at radius 1 is 1.04 bits per heavy atom. The lowest BCUT2D eigenvalue weighted by atomic mass is 9.68. The van der Waals surface area contributed by atoms with Crippen LogP contribution in [0.4, 0.5) is 5.69 Å². The van der Waals surface area contributed by atoms with E-state index < -0.39 is 47.5 Å². The molecule has 3 aromatic rings. The van der Waals surface area contributed by atoms with E-state index in [1.165, 1.54) is 14.0 Å². The van der Waals surface area contributed by atoms with Crippen LogP contribution in [0.5, 0.6) is 11.5 Å². The second-order valence-corrected chi connectivity index (χ2v) is 14.8. The second kappa shape index (κ2) is 12.7. The number of benzene rings is 2. The van der Waals surface area contributed by atoms with E-state index in [2.05, 4.69) is 10.3 Å². The Hall–Kier alpha value is -4.63. The number of rotatable bonds is 10. The lowest BCUT2D eigenvalue weighted by molar-refractivity contribution is -0.154. The molecule has 0 spiro atoms. The van der Waals surface area contributed by atoms with Gasteiger partial charge in [-0.15, -0.1) is 11.8 Å². The van der Waals surface area contributed by atoms with Gasteiger partial charge in [-0.25, -0.2) is 9.59 Å². The summed E-state index contributed by atoms with van der Waals surface area (Å²) in [6.07, 6.45) is 0.666. The first-order chi connectivity index (χ1) is 23.5. The SMILES string of the molecule is CCOC(=O)c1ccc(NC(=O)COc2ccc([C@H]3c4sc(=O)[nH]c4SC4C5CC(C6C(=O)N(C(C)C(=O)O)C(=O)C56)C43)cc2OC)cc1. The molecule has 2 aliphatic heterocycles. The topological polar surface area (TPSA) is 181 Å². The Balaban J connectivity index is 1.12. The molecule has 15 heteroatoms. The van der Waals surface area contributed by atoms with Gasteiger partial charge in [0, 0.05) is 21.7 Å². The number of aromatic nitrogens is 1. The molecule has 49 heavy (non-hydrogen) atoms. The number of thiazole rings is 1. The molecule has 3 amide bonds. The maximum Gasteiger partial charge on any atom is 0.338 e. The number of imide groups is 1. The zero-order valence-electron chi connectivity index (χ0n) is 26.7. The fourth-order valence-electron chi connectivity index (χ4n) is 8.15. The highest BCUT2D eigenvalue weighted by Crippen LogP contribution is 2.68. The van der Waals surface area contributed by atoms with Gasteiger partial charge in [0.1, 0.15) is 6.04 Å². The standard InChI is InChI=1S/C34H33N3O10S2/c1-4-46-33(43)15-5-8-17(9-6-15)35-22(38)13-47-20-10-7-16(11-21(20)45-3)23-24-18-12-19(27(24)48-29-28(23)49-34(44)36-29)26-25(18)30(39)37(31(26)40)14(2)32(41)42/h5-11,14,18-19,23-27H,4,12-13H2,1-3H3,(H,35,38)(H,36,44)(H,41,42)/t14?,18?,19?,23-,24?,25?,26?,27?/m1/s1. The van der Waals surface area contributed by atoms with E-state index in [4.69, 9.17) is 14.2 Å². The van der Waals surface area contributed by atoms with Crippen LogP contribution in [0.2, 0.25) is 0 Å². The molecule has 4 aliphatic rings. The number of carbonyl (C=O) groups excluding carboxylic acids is 4. The van der Waals surface area contributed by atoms with Crippen LogP contribution in [-0.2, 0) is 23.9 Å². The van der Waals surface area contributed by atoms with Crippen molar-refractivity contribution in [1.29, 1.82) is 0 Å². The number of thioether (sulfide) groups is 1. The lowest BCUT2D eigenvalue weighted by Gasteiger charge is -2.43. The summed E-state index contributed by atoms with van der Waals surface area (Å²) in [7, 11) is 1.49. The van der Waals surface area contributed by atoms with Crippen molar-refractivity contribution in [2.45, 2.75) is 42.5 Å². The number of nitrogens with zero attached hydrogens (tertiary/aromatic N) is 1. The van der Waals surface area contributed by atoms with Gasteiger partial charge in [-0.1, -0.05) is 17.4 Å². The Morgan fingerprint density at radius 2 is 1.76 bits per heavy atom. The van der Waals surface area contributed by atoms with Gasteiger partial charge in [0.05, 0.1) is 36.1 Å². The van der Waals surface area contributed by atoms with E-state index in [9.17, 15) is 33.9 Å². The van der Waals surface area contributed by atoms with Gasteiger partial charge >= 0.3 is 16.8 Å². The van der Waals surface area contributed by atoms with Crippen LogP contribution in [0, 0.1) is 29.6 Å². The first kappa shape index (κ1) is 32.9. The summed E-state index contributed by atoms with van der Waals surface area (Å²) in [5, 5.41) is 13.0. The van der Waals surface area contributed by atoms with E-state index in [0.717, 1.165) is 31.7 Å². The summed E-state index contributed by atoms with van der Waals surface area (Å²) in [4.78, 5) is 80.7. The number of nitrogens with one attached hydrogen (secondary N) is 2. The maximum absolute atomic E-state index is 13.6. The van der Waals surface area contributed by atoms with Gasteiger partial charge in [-0.3, -0.25) is 24.1 Å². The highest BCUT2D eigenvalue weighted by atomic mass is 32.2. The van der Waals surface area contributed by atoms with Crippen LogP contribution in [0.15, 0.2) is 52.3 Å². The van der Waals surface area contributed by atoms with Crippen molar-refractivity contribution < 1.29 is 43.3 Å². The molecule has 1 saturated heterocycles. The number of esters is 1. The molecular formula is C34H33N3O10S2. The van der Waals surface area contributed by atoms with Gasteiger partial charge in [0.15, 0.2) is 18.1 Å². The number of H-pyrrole nitrogens is 1. The molecule has 2 aromatic carbocycles. The molecular weight excluding hydrogens is 675 g/mol. The number of carbonyl (C=O) groups is 5. The summed E-state index contributed by atoms with van der Waals surface area (Å²) in [5.74, 6) is -4.14. The first-order valence-electron chi connectivity index (χ1n) is 15.9. The van der Waals surface area contributed by atoms with E-state index in [0.29, 0.717) is 29.2 Å². The Bertz CT molecular complexity index is 1920. The molecule has 3 fully saturated rings. The van der Waals surface area contributed by atoms with Gasteiger partial charge in [-0.05, 0) is 80.0 Å². The normalized spacial score (nSPS) is 26.8. The Kier molecular flexibility index (Phi) is 8.51. The van der Waals surface area contributed by atoms with Crippen molar-refractivity contribution in [2.75, 3.05) is 25.6 Å². The molecule has 3 heterocycles. The fourth-order valence-corrected chi connectivity index (χ4v) is 11.0. The van der Waals surface area contributed by atoms with E-state index in [1.54, 1.807) is 49.0 Å². The number of fused-ring (bicyclic) bond motifs is 9. The molecule has 2 bridgehead atoms. The minimum atomic E-state index is -1.25. The molecule has 7 rings (SSSR count). The number of aliphatic carboxylic acids is 1. The van der Waals surface area contributed by atoms with Crippen molar-refractivity contribution in [3.8, 4) is 11.5 Å². The molecule has 13 nitrogen and oxygen atoms in total. The van der Waals surface area contributed by atoms with Crippen LogP contribution in [-0.4, -0.2) is 76.3 Å². The molecule has 0 radical (unpaired) electrons. The van der Waals surface area contributed by atoms with Gasteiger partial charge in [0.25, 0.3) is 5.91 Å². The van der Waals surface area contributed by atoms with Crippen LogP contribution < -0.4 is 19.7 Å². The zero-order valence-corrected chi connectivity index (χ0v) is 28.3. The van der Waals surface area contributed by atoms with Crippen LogP contribution in [0.3, 0.4) is 0 Å². The van der Waals surface area contributed by atoms with E-state index in [-0.39, 0.29) is 47.0 Å². The van der Waals surface area contributed by atoms with Gasteiger partial charge < -0.3 is 29.6 Å². The number of aromatic amines is 1. The highest BCUT2D eigenvalue weighted by molar-refractivity contribution is 8.00. The molecule has 2 aliphatic carbocycles. The van der Waals surface area contributed by atoms with Crippen LogP contribution in [0.1, 0.15) is 47.0 Å². The highest BCUT2D eigenvalue weighted by Gasteiger charge is 2.70. The third kappa shape index (κ3) is 5.48. The minimum Gasteiger partial charge on any atom is -0.493 e. The largest absolute Gasteiger partial charge is 0.493 e. The summed E-state index contributed by atoms with van der Waals surface area (Å²) in [6.45, 7) is 3.02. The predicted octanol–water partition coefficient (Wildman–Crippen LogP) is 3.59. The predicted molar refractivity (Wildman–Crippen MR) is 177 cm³/mol. The average Bonchev–Trinajstić information content (AvgIpc) is 3.82. The molecule has 256 valence electrons. The molecule has 1 aromatic heterocycles. The molecule has 2 saturated carbocycles. The number of anilines is 1. The minimum absolute atomic E-state index is 0.0668. The Labute approximate surface area is 288 Å². The number of hydrogen-bond donors (Lipinski definition) is 3. The summed E-state index contributed by atoms with van der Waals surface area (Å²) in [6, 6.07) is 10.4. The number of carboxylic acid groups (broad SMARTS) is 1. The zero-order chi connectivity index (χ0) is 34.7. The number of amides is 3. The number of hydrogen-bond acceptors (Lipinski definition) is 11. The maximum atomic E-state index is 13.6. The van der Waals surface area contributed by atoms with Gasteiger partial charge in [-0.2, -0.15) is 0 Å². The van der Waals surface area contributed by atoms with Crippen molar-refractivity contribution >= 4 is 58.4 Å². The van der Waals surface area contributed by atoms with Gasteiger partial charge in [0.2, 0.25) is 11.8 Å². The number of carboxylic acids is 1. The van der Waals surface area contributed by atoms with Crippen LogP contribution >= 0.6 is 23.1 Å². The monoisotopic (exact) mass is 707 g/mol. The van der Waals surface area contributed by atoms with Crippen molar-refractivity contribution in [1.82, 2.24) is 9.88 Å². The second-order valence-electron chi connectivity index (χ2n) is 12.6. The fraction of sp³-hybridized carbons (Fsp3) is 0.412. The third-order valence-corrected chi connectivity index (χ3v) is 12.7.